The number of para-hydroxylation sites is 1. The molecule has 4 rings (SSSR count). The molecule has 4 aromatic rings. The number of hydrogen-bond donors (Lipinski definition) is 1. The molecule has 176 valence electrons. The van der Waals surface area contributed by atoms with Crippen molar-refractivity contribution >= 4 is 22.8 Å². The quantitative estimate of drug-likeness (QED) is 0.386. The summed E-state index contributed by atoms with van der Waals surface area (Å²) in [4.78, 5) is 28.3. The molecule has 2 heterocycles. The summed E-state index contributed by atoms with van der Waals surface area (Å²) < 4.78 is 21.7. The van der Waals surface area contributed by atoms with Crippen LogP contribution in [0.25, 0.3) is 11.0 Å². The van der Waals surface area contributed by atoms with Crippen LogP contribution in [0.2, 0.25) is 0 Å². The van der Waals surface area contributed by atoms with Crippen LogP contribution in [0.4, 0.5) is 4.39 Å². The lowest BCUT2D eigenvalue weighted by atomic mass is 10.0. The summed E-state index contributed by atoms with van der Waals surface area (Å²) in [6, 6.07) is 15.6. The van der Waals surface area contributed by atoms with Gasteiger partial charge in [0.25, 0.3) is 0 Å². The molecule has 8 nitrogen and oxygen atoms in total. The summed E-state index contributed by atoms with van der Waals surface area (Å²) in [6.45, 7) is 2.28. The molecule has 0 aliphatic heterocycles. The Morgan fingerprint density at radius 2 is 1.91 bits per heavy atom. The van der Waals surface area contributed by atoms with E-state index >= 15 is 0 Å². The first kappa shape index (κ1) is 23.2. The molecular weight excluding hydrogens is 437 g/mol. The Morgan fingerprint density at radius 1 is 1.12 bits per heavy atom. The van der Waals surface area contributed by atoms with Gasteiger partial charge < -0.3 is 14.6 Å². The second-order valence-electron chi connectivity index (χ2n) is 7.90. The monoisotopic (exact) mass is 463 g/mol. The number of benzene rings is 2. The number of nitrogens with zero attached hydrogens (tertiary/aromatic N) is 4. The third-order valence-corrected chi connectivity index (χ3v) is 5.55. The van der Waals surface area contributed by atoms with E-state index in [0.717, 1.165) is 6.42 Å². The fourth-order valence-electron chi connectivity index (χ4n) is 3.81. The first-order valence-corrected chi connectivity index (χ1v) is 11.2. The maximum Gasteiger partial charge on any atom is 0.247 e. The van der Waals surface area contributed by atoms with Gasteiger partial charge in [0.1, 0.15) is 29.7 Å². The molecule has 1 N–H and O–H groups in total. The van der Waals surface area contributed by atoms with Gasteiger partial charge in [-0.15, -0.1) is 5.10 Å². The number of unbranched alkanes of at least 4 members (excludes halogenated alkanes) is 1. The van der Waals surface area contributed by atoms with Crippen LogP contribution in [-0.2, 0) is 22.7 Å². The zero-order chi connectivity index (χ0) is 23.9. The van der Waals surface area contributed by atoms with Gasteiger partial charge in [-0.25, -0.2) is 9.07 Å². The first-order valence-electron chi connectivity index (χ1n) is 11.2. The average Bonchev–Trinajstić information content (AvgIpc) is 3.51. The number of hydrogen-bond acceptors (Lipinski definition) is 5. The van der Waals surface area contributed by atoms with Crippen molar-refractivity contribution in [2.75, 3.05) is 6.54 Å². The standard InChI is InChI=1S/C25H26FN5O3/c1-2-3-14-30(23(32)17-31-22-13-7-6-12-21(22)28-29-31)24(19-10-4-5-11-20(19)26)25(33)27-16-18-9-8-15-34-18/h4-13,15,24H,2-3,14,16-17H2,1H3,(H,27,33)/t24-/m1/s1. The Balaban J connectivity index is 1.65. The third kappa shape index (κ3) is 5.14. The van der Waals surface area contributed by atoms with Gasteiger partial charge in [-0.1, -0.05) is 48.9 Å². The largest absolute Gasteiger partial charge is 0.467 e. The lowest BCUT2D eigenvalue weighted by molar-refractivity contribution is -0.141. The van der Waals surface area contributed by atoms with Gasteiger partial charge >= 0.3 is 0 Å². The van der Waals surface area contributed by atoms with Crippen molar-refractivity contribution < 1.29 is 18.4 Å². The number of carbonyl (C=O) groups is 2. The lowest BCUT2D eigenvalue weighted by Gasteiger charge is -2.31. The van der Waals surface area contributed by atoms with Gasteiger partial charge in [-0.3, -0.25) is 9.59 Å². The smallest absolute Gasteiger partial charge is 0.247 e. The summed E-state index contributed by atoms with van der Waals surface area (Å²) in [5.74, 6) is -0.845. The van der Waals surface area contributed by atoms with Crippen LogP contribution in [0, 0.1) is 5.82 Å². The Kier molecular flexibility index (Phi) is 7.31. The molecule has 2 aromatic carbocycles. The second kappa shape index (κ2) is 10.7. The van der Waals surface area contributed by atoms with Gasteiger partial charge in [0, 0.05) is 12.1 Å². The van der Waals surface area contributed by atoms with Crippen molar-refractivity contribution in [3.05, 3.63) is 84.1 Å². The number of furan rings is 1. The van der Waals surface area contributed by atoms with Crippen LogP contribution >= 0.6 is 0 Å². The van der Waals surface area contributed by atoms with Crippen LogP contribution in [0.3, 0.4) is 0 Å². The summed E-state index contributed by atoms with van der Waals surface area (Å²) >= 11 is 0. The molecule has 2 amide bonds. The number of nitrogens with one attached hydrogen (secondary N) is 1. The number of carbonyl (C=O) groups excluding carboxylic acids is 2. The van der Waals surface area contributed by atoms with E-state index in [1.165, 1.54) is 28.0 Å². The maximum absolute atomic E-state index is 14.9. The van der Waals surface area contributed by atoms with E-state index in [9.17, 15) is 14.0 Å². The maximum atomic E-state index is 14.9. The normalized spacial score (nSPS) is 11.9. The van der Waals surface area contributed by atoms with E-state index in [1.807, 2.05) is 31.2 Å². The van der Waals surface area contributed by atoms with Gasteiger partial charge in [0.2, 0.25) is 11.8 Å². The number of rotatable bonds is 10. The van der Waals surface area contributed by atoms with Crippen LogP contribution in [0.5, 0.6) is 0 Å². The highest BCUT2D eigenvalue weighted by molar-refractivity contribution is 5.89. The number of aromatic nitrogens is 3. The topological polar surface area (TPSA) is 93.3 Å². The van der Waals surface area contributed by atoms with E-state index in [1.54, 1.807) is 24.3 Å². The Morgan fingerprint density at radius 3 is 2.68 bits per heavy atom. The molecule has 0 fully saturated rings. The van der Waals surface area contributed by atoms with E-state index < -0.39 is 17.8 Å². The van der Waals surface area contributed by atoms with Crippen LogP contribution in [0.1, 0.15) is 37.1 Å². The fourth-order valence-corrected chi connectivity index (χ4v) is 3.81. The van der Waals surface area contributed by atoms with Crippen LogP contribution < -0.4 is 5.32 Å². The molecule has 0 saturated carbocycles. The second-order valence-corrected chi connectivity index (χ2v) is 7.90. The van der Waals surface area contributed by atoms with Crippen molar-refractivity contribution in [3.63, 3.8) is 0 Å². The van der Waals surface area contributed by atoms with Gasteiger partial charge in [0.15, 0.2) is 0 Å². The SMILES string of the molecule is CCCCN(C(=O)Cn1nnc2ccccc21)[C@@H](C(=O)NCc1ccco1)c1ccccc1F. The average molecular weight is 464 g/mol. The Hall–Kier alpha value is -4.01. The van der Waals surface area contributed by atoms with E-state index in [4.69, 9.17) is 4.42 Å². The molecule has 0 saturated heterocycles. The molecule has 1 atom stereocenters. The van der Waals surface area contributed by atoms with Crippen LogP contribution in [0.15, 0.2) is 71.3 Å². The highest BCUT2D eigenvalue weighted by Crippen LogP contribution is 2.25. The molecule has 0 bridgehead atoms. The van der Waals surface area contributed by atoms with Crippen molar-refractivity contribution in [1.82, 2.24) is 25.2 Å². The third-order valence-electron chi connectivity index (χ3n) is 5.55. The van der Waals surface area contributed by atoms with Gasteiger partial charge in [-0.2, -0.15) is 0 Å². The van der Waals surface area contributed by atoms with Crippen molar-refractivity contribution in [1.29, 1.82) is 0 Å². The predicted octanol–water partition coefficient (Wildman–Crippen LogP) is 3.85. The molecule has 9 heteroatoms. The number of fused-ring (bicyclic) bond motifs is 1. The zero-order valence-electron chi connectivity index (χ0n) is 18.9. The molecular formula is C25H26FN5O3. The highest BCUT2D eigenvalue weighted by atomic mass is 19.1. The first-order chi connectivity index (χ1) is 16.6. The van der Waals surface area contributed by atoms with E-state index in [0.29, 0.717) is 23.2 Å². The Bertz CT molecular complexity index is 1250. The molecule has 34 heavy (non-hydrogen) atoms. The minimum Gasteiger partial charge on any atom is -0.467 e. The highest BCUT2D eigenvalue weighted by Gasteiger charge is 2.33. The van der Waals surface area contributed by atoms with Crippen molar-refractivity contribution in [3.8, 4) is 0 Å². The molecule has 0 aliphatic rings. The summed E-state index contributed by atoms with van der Waals surface area (Å²) in [7, 11) is 0. The lowest BCUT2D eigenvalue weighted by Crippen LogP contribution is -2.45. The molecule has 0 spiro atoms. The predicted molar refractivity (Wildman–Crippen MR) is 124 cm³/mol. The van der Waals surface area contributed by atoms with Crippen molar-refractivity contribution in [2.45, 2.75) is 38.9 Å². The van der Waals surface area contributed by atoms with E-state index in [-0.39, 0.29) is 31.1 Å². The molecule has 0 unspecified atom stereocenters. The number of amides is 2. The minimum absolute atomic E-state index is 0.124. The minimum atomic E-state index is -1.15. The van der Waals surface area contributed by atoms with Crippen LogP contribution in [-0.4, -0.2) is 38.3 Å². The number of halogens is 1. The molecule has 0 radical (unpaired) electrons. The van der Waals surface area contributed by atoms with Gasteiger partial charge in [-0.05, 0) is 36.8 Å². The molecule has 2 aromatic heterocycles. The fraction of sp³-hybridized carbons (Fsp3) is 0.280. The van der Waals surface area contributed by atoms with E-state index in [2.05, 4.69) is 15.6 Å². The Labute approximate surface area is 196 Å². The summed E-state index contributed by atoms with van der Waals surface area (Å²) in [6.07, 6.45) is 2.96. The zero-order valence-corrected chi connectivity index (χ0v) is 18.9. The summed E-state index contributed by atoms with van der Waals surface area (Å²) in [5, 5.41) is 11.0. The summed E-state index contributed by atoms with van der Waals surface area (Å²) in [5.41, 5.74) is 1.50. The van der Waals surface area contributed by atoms with Crippen molar-refractivity contribution in [2.24, 2.45) is 0 Å². The van der Waals surface area contributed by atoms with Gasteiger partial charge in [0.05, 0.1) is 18.3 Å². The molecule has 0 aliphatic carbocycles.